The lowest BCUT2D eigenvalue weighted by molar-refractivity contribution is -0.120. The van der Waals surface area contributed by atoms with Crippen molar-refractivity contribution in [3.63, 3.8) is 0 Å². The van der Waals surface area contributed by atoms with Crippen molar-refractivity contribution in [3.8, 4) is 0 Å². The zero-order chi connectivity index (χ0) is 21.9. The Hall–Kier alpha value is -3.94. The van der Waals surface area contributed by atoms with Gasteiger partial charge in [0.25, 0.3) is 0 Å². The Morgan fingerprint density at radius 2 is 1.75 bits per heavy atom. The van der Waals surface area contributed by atoms with E-state index in [4.69, 9.17) is 0 Å². The number of anilines is 4. The van der Waals surface area contributed by atoms with Gasteiger partial charge >= 0.3 is 0 Å². The maximum atomic E-state index is 13.1. The number of fused-ring (bicyclic) bond motifs is 1. The van der Waals surface area contributed by atoms with Crippen LogP contribution < -0.4 is 15.1 Å². The first-order valence-corrected chi connectivity index (χ1v) is 10.8. The maximum Gasteiger partial charge on any atom is 0.227 e. The minimum atomic E-state index is -0.0278. The number of piperidine rings is 1. The normalized spacial score (nSPS) is 14.5. The topological polar surface area (TPSA) is 78.7 Å². The predicted molar refractivity (Wildman–Crippen MR) is 125 cm³/mol. The highest BCUT2D eigenvalue weighted by atomic mass is 16.1. The van der Waals surface area contributed by atoms with Crippen molar-refractivity contribution >= 4 is 34.4 Å². The van der Waals surface area contributed by atoms with Gasteiger partial charge in [-0.1, -0.05) is 30.3 Å². The maximum absolute atomic E-state index is 13.1. The summed E-state index contributed by atoms with van der Waals surface area (Å²) in [7, 11) is 2.01. The molecular weight excluding hydrogens is 402 g/mol. The number of hydrogen-bond acceptors (Lipinski definition) is 6. The van der Waals surface area contributed by atoms with Gasteiger partial charge in [-0.25, -0.2) is 0 Å². The summed E-state index contributed by atoms with van der Waals surface area (Å²) in [5.41, 5.74) is 3.59. The third kappa shape index (κ3) is 3.99. The molecule has 1 aliphatic rings. The fourth-order valence-corrected chi connectivity index (χ4v) is 4.16. The number of aromatic nitrogens is 4. The first-order chi connectivity index (χ1) is 15.7. The van der Waals surface area contributed by atoms with E-state index in [1.807, 2.05) is 61.6 Å². The number of rotatable bonds is 5. The molecule has 2 aromatic heterocycles. The van der Waals surface area contributed by atoms with Crippen LogP contribution in [0, 0.1) is 5.92 Å². The molecule has 0 aliphatic carbocycles. The van der Waals surface area contributed by atoms with Gasteiger partial charge < -0.3 is 15.1 Å². The van der Waals surface area contributed by atoms with E-state index in [1.165, 1.54) is 0 Å². The van der Waals surface area contributed by atoms with Crippen LogP contribution in [0.1, 0.15) is 12.8 Å². The summed E-state index contributed by atoms with van der Waals surface area (Å²) < 4.78 is 1.67. The largest absolute Gasteiger partial charge is 0.355 e. The van der Waals surface area contributed by atoms with E-state index < -0.39 is 0 Å². The molecule has 0 radical (unpaired) electrons. The van der Waals surface area contributed by atoms with Crippen molar-refractivity contribution in [3.05, 3.63) is 73.1 Å². The first kappa shape index (κ1) is 20.0. The number of hydrogen-bond donors (Lipinski definition) is 1. The molecule has 1 fully saturated rings. The monoisotopic (exact) mass is 427 g/mol. The molecule has 8 heteroatoms. The molecule has 0 atom stereocenters. The van der Waals surface area contributed by atoms with Crippen LogP contribution in [0.2, 0.25) is 0 Å². The fourth-order valence-electron chi connectivity index (χ4n) is 4.16. The quantitative estimate of drug-likeness (QED) is 0.523. The van der Waals surface area contributed by atoms with Crippen LogP contribution in [0.5, 0.6) is 0 Å². The summed E-state index contributed by atoms with van der Waals surface area (Å²) in [5, 5.41) is 15.6. The van der Waals surface area contributed by atoms with E-state index in [9.17, 15) is 4.79 Å². The molecule has 0 spiro atoms. The van der Waals surface area contributed by atoms with Gasteiger partial charge in [0.1, 0.15) is 12.1 Å². The van der Waals surface area contributed by atoms with Crippen LogP contribution in [-0.2, 0) is 4.79 Å². The molecule has 1 saturated heterocycles. The first-order valence-electron chi connectivity index (χ1n) is 10.8. The fraction of sp³-hybridized carbons (Fsp3) is 0.250. The lowest BCUT2D eigenvalue weighted by Gasteiger charge is -2.32. The molecule has 0 bridgehead atoms. The van der Waals surface area contributed by atoms with Crippen LogP contribution >= 0.6 is 0 Å². The number of para-hydroxylation sites is 3. The smallest absolute Gasteiger partial charge is 0.227 e. The van der Waals surface area contributed by atoms with Crippen molar-refractivity contribution in [1.29, 1.82) is 0 Å². The van der Waals surface area contributed by atoms with Gasteiger partial charge in [-0.3, -0.25) is 4.79 Å². The Bertz CT molecular complexity index is 1220. The van der Waals surface area contributed by atoms with Gasteiger partial charge in [0.05, 0.1) is 11.4 Å². The number of benzene rings is 2. The van der Waals surface area contributed by atoms with Gasteiger partial charge in [0, 0.05) is 31.7 Å². The average molecular weight is 428 g/mol. The minimum absolute atomic E-state index is 0.0278. The molecule has 0 saturated carbocycles. The summed E-state index contributed by atoms with van der Waals surface area (Å²) >= 11 is 0. The zero-order valence-corrected chi connectivity index (χ0v) is 17.9. The standard InChI is InChI=1S/C24H25N7O/c1-29(19-7-3-2-4-8-19)21-10-6-5-9-20(21)26-24(32)18-13-15-30(16-14-18)23-12-11-22-27-25-17-31(22)28-23/h2-12,17-18H,13-16H2,1H3,(H,26,32). The molecule has 1 amide bonds. The summed E-state index contributed by atoms with van der Waals surface area (Å²) in [5.74, 6) is 0.923. The van der Waals surface area contributed by atoms with Crippen LogP contribution in [0.4, 0.5) is 22.9 Å². The van der Waals surface area contributed by atoms with Gasteiger partial charge in [-0.15, -0.1) is 15.3 Å². The van der Waals surface area contributed by atoms with Crippen molar-refractivity contribution in [1.82, 2.24) is 19.8 Å². The number of carbonyl (C=O) groups excluding carboxylic acids is 1. The summed E-state index contributed by atoms with van der Waals surface area (Å²) in [4.78, 5) is 17.4. The Labute approximate surface area is 186 Å². The molecular formula is C24H25N7O. The van der Waals surface area contributed by atoms with Gasteiger partial charge in [0.2, 0.25) is 5.91 Å². The van der Waals surface area contributed by atoms with Gasteiger partial charge in [0.15, 0.2) is 5.65 Å². The predicted octanol–water partition coefficient (Wildman–Crippen LogP) is 3.75. The van der Waals surface area contributed by atoms with Crippen molar-refractivity contribution in [2.75, 3.05) is 35.3 Å². The summed E-state index contributed by atoms with van der Waals surface area (Å²) in [6.45, 7) is 1.56. The van der Waals surface area contributed by atoms with Crippen molar-refractivity contribution in [2.24, 2.45) is 5.92 Å². The highest BCUT2D eigenvalue weighted by Crippen LogP contribution is 2.31. The second kappa shape index (κ2) is 8.66. The van der Waals surface area contributed by atoms with E-state index in [2.05, 4.69) is 42.5 Å². The van der Waals surface area contributed by atoms with E-state index in [-0.39, 0.29) is 11.8 Å². The molecule has 3 heterocycles. The number of nitrogens with zero attached hydrogens (tertiary/aromatic N) is 6. The minimum Gasteiger partial charge on any atom is -0.355 e. The number of carbonyl (C=O) groups is 1. The molecule has 4 aromatic rings. The molecule has 0 unspecified atom stereocenters. The molecule has 162 valence electrons. The number of nitrogens with one attached hydrogen (secondary N) is 1. The molecule has 32 heavy (non-hydrogen) atoms. The Balaban J connectivity index is 1.25. The Kier molecular flexibility index (Phi) is 5.41. The summed E-state index contributed by atoms with van der Waals surface area (Å²) in [6.07, 6.45) is 3.16. The second-order valence-corrected chi connectivity index (χ2v) is 7.99. The Morgan fingerprint density at radius 3 is 2.56 bits per heavy atom. The van der Waals surface area contributed by atoms with Crippen molar-refractivity contribution < 1.29 is 4.79 Å². The van der Waals surface area contributed by atoms with Crippen LogP contribution in [-0.4, -0.2) is 45.9 Å². The number of amides is 1. The lowest BCUT2D eigenvalue weighted by Crippen LogP contribution is -2.38. The highest BCUT2D eigenvalue weighted by molar-refractivity contribution is 5.96. The van der Waals surface area contributed by atoms with Crippen LogP contribution in [0.15, 0.2) is 73.1 Å². The second-order valence-electron chi connectivity index (χ2n) is 7.99. The average Bonchev–Trinajstić information content (AvgIpc) is 3.33. The van der Waals surface area contributed by atoms with Gasteiger partial charge in [-0.2, -0.15) is 4.52 Å². The SMILES string of the molecule is CN(c1ccccc1)c1ccccc1NC(=O)C1CCN(c2ccc3nncn3n2)CC1. The molecule has 1 aliphatic heterocycles. The molecule has 2 aromatic carbocycles. The third-order valence-electron chi connectivity index (χ3n) is 6.00. The van der Waals surface area contributed by atoms with E-state index >= 15 is 0 Å². The molecule has 5 rings (SSSR count). The van der Waals surface area contributed by atoms with Gasteiger partial charge in [-0.05, 0) is 49.2 Å². The van der Waals surface area contributed by atoms with Crippen LogP contribution in [0.3, 0.4) is 0 Å². The molecule has 1 N–H and O–H groups in total. The van der Waals surface area contributed by atoms with Crippen LogP contribution in [0.25, 0.3) is 5.65 Å². The highest BCUT2D eigenvalue weighted by Gasteiger charge is 2.26. The molecule has 8 nitrogen and oxygen atoms in total. The zero-order valence-electron chi connectivity index (χ0n) is 17.9. The Morgan fingerprint density at radius 1 is 1.00 bits per heavy atom. The summed E-state index contributed by atoms with van der Waals surface area (Å²) in [6, 6.07) is 21.9. The van der Waals surface area contributed by atoms with E-state index in [1.54, 1.807) is 10.8 Å². The van der Waals surface area contributed by atoms with E-state index in [0.29, 0.717) is 0 Å². The van der Waals surface area contributed by atoms with E-state index in [0.717, 1.165) is 54.5 Å². The lowest BCUT2D eigenvalue weighted by atomic mass is 9.95. The third-order valence-corrected chi connectivity index (χ3v) is 6.00. The van der Waals surface area contributed by atoms with Crippen molar-refractivity contribution in [2.45, 2.75) is 12.8 Å².